The topological polar surface area (TPSA) is 38.5 Å². The molecule has 0 spiro atoms. The van der Waals surface area contributed by atoms with E-state index in [1.807, 2.05) is 6.07 Å². The SMILES string of the molecule is COCC1CCN(Cc2ccc(F)cc2C#CCN)C1. The van der Waals surface area contributed by atoms with Crippen LogP contribution in [0, 0.1) is 23.6 Å². The highest BCUT2D eigenvalue weighted by atomic mass is 19.1. The maximum Gasteiger partial charge on any atom is 0.124 e. The molecule has 0 saturated carbocycles. The molecule has 1 aliphatic rings. The number of halogens is 1. The Hall–Kier alpha value is -1.41. The van der Waals surface area contributed by atoms with Gasteiger partial charge in [0.25, 0.3) is 0 Å². The Morgan fingerprint density at radius 3 is 3.10 bits per heavy atom. The second-order valence-corrected chi connectivity index (χ2v) is 5.15. The van der Waals surface area contributed by atoms with E-state index in [1.165, 1.54) is 12.1 Å². The maximum absolute atomic E-state index is 13.3. The van der Waals surface area contributed by atoms with Crippen molar-refractivity contribution >= 4 is 0 Å². The van der Waals surface area contributed by atoms with Crippen LogP contribution in [0.1, 0.15) is 17.5 Å². The summed E-state index contributed by atoms with van der Waals surface area (Å²) in [4.78, 5) is 2.37. The summed E-state index contributed by atoms with van der Waals surface area (Å²) < 4.78 is 18.5. The first kappa shape index (κ1) is 15.0. The van der Waals surface area contributed by atoms with E-state index in [-0.39, 0.29) is 12.4 Å². The Morgan fingerprint density at radius 2 is 2.35 bits per heavy atom. The first-order valence-corrected chi connectivity index (χ1v) is 6.91. The predicted octanol–water partition coefficient (Wildman–Crippen LogP) is 1.60. The minimum Gasteiger partial charge on any atom is -0.384 e. The third-order valence-corrected chi connectivity index (χ3v) is 3.56. The van der Waals surface area contributed by atoms with E-state index in [0.29, 0.717) is 5.92 Å². The number of ether oxygens (including phenoxy) is 1. The average Bonchev–Trinajstić information content (AvgIpc) is 2.87. The number of methoxy groups -OCH3 is 1. The van der Waals surface area contributed by atoms with Crippen LogP contribution in [0.2, 0.25) is 0 Å². The number of nitrogens with two attached hydrogens (primary N) is 1. The van der Waals surface area contributed by atoms with Crippen LogP contribution in [-0.2, 0) is 11.3 Å². The van der Waals surface area contributed by atoms with Crippen molar-refractivity contribution in [1.82, 2.24) is 4.90 Å². The van der Waals surface area contributed by atoms with Gasteiger partial charge in [0.15, 0.2) is 0 Å². The average molecular weight is 276 g/mol. The van der Waals surface area contributed by atoms with Crippen molar-refractivity contribution in [3.63, 3.8) is 0 Å². The fourth-order valence-corrected chi connectivity index (χ4v) is 2.62. The van der Waals surface area contributed by atoms with Gasteiger partial charge in [-0.25, -0.2) is 4.39 Å². The summed E-state index contributed by atoms with van der Waals surface area (Å²) in [6.07, 6.45) is 1.15. The maximum atomic E-state index is 13.3. The van der Waals surface area contributed by atoms with E-state index >= 15 is 0 Å². The van der Waals surface area contributed by atoms with Crippen LogP contribution in [0.5, 0.6) is 0 Å². The van der Waals surface area contributed by atoms with Crippen LogP contribution in [-0.4, -0.2) is 38.3 Å². The molecular weight excluding hydrogens is 255 g/mol. The molecule has 0 radical (unpaired) electrons. The predicted molar refractivity (Wildman–Crippen MR) is 77.6 cm³/mol. The first-order valence-electron chi connectivity index (χ1n) is 6.91. The van der Waals surface area contributed by atoms with Gasteiger partial charge in [0.2, 0.25) is 0 Å². The molecule has 1 saturated heterocycles. The normalized spacial score (nSPS) is 18.9. The molecule has 2 N–H and O–H groups in total. The Kier molecular flexibility index (Phi) is 5.54. The lowest BCUT2D eigenvalue weighted by molar-refractivity contribution is 0.152. The van der Waals surface area contributed by atoms with Crippen molar-refractivity contribution in [2.75, 3.05) is 33.4 Å². The molecule has 1 fully saturated rings. The highest BCUT2D eigenvalue weighted by molar-refractivity contribution is 5.42. The third kappa shape index (κ3) is 4.04. The van der Waals surface area contributed by atoms with Gasteiger partial charge in [-0.2, -0.15) is 0 Å². The van der Waals surface area contributed by atoms with Gasteiger partial charge in [-0.15, -0.1) is 0 Å². The summed E-state index contributed by atoms with van der Waals surface area (Å²) in [5, 5.41) is 0. The monoisotopic (exact) mass is 276 g/mol. The summed E-state index contributed by atoms with van der Waals surface area (Å²) in [6, 6.07) is 4.80. The van der Waals surface area contributed by atoms with Crippen LogP contribution in [0.15, 0.2) is 18.2 Å². The van der Waals surface area contributed by atoms with Crippen molar-refractivity contribution < 1.29 is 9.13 Å². The van der Waals surface area contributed by atoms with Gasteiger partial charge in [0.05, 0.1) is 13.2 Å². The number of hydrogen-bond acceptors (Lipinski definition) is 3. The van der Waals surface area contributed by atoms with Gasteiger partial charge < -0.3 is 10.5 Å². The van der Waals surface area contributed by atoms with Crippen molar-refractivity contribution in [2.45, 2.75) is 13.0 Å². The van der Waals surface area contributed by atoms with E-state index in [4.69, 9.17) is 10.5 Å². The van der Waals surface area contributed by atoms with Gasteiger partial charge in [0.1, 0.15) is 5.82 Å². The van der Waals surface area contributed by atoms with Gasteiger partial charge in [0, 0.05) is 25.8 Å². The smallest absolute Gasteiger partial charge is 0.124 e. The van der Waals surface area contributed by atoms with E-state index in [1.54, 1.807) is 7.11 Å². The molecule has 108 valence electrons. The molecule has 0 bridgehead atoms. The molecule has 1 heterocycles. The summed E-state index contributed by atoms with van der Waals surface area (Å²) in [6.45, 7) is 3.97. The Labute approximate surface area is 119 Å². The molecule has 0 aromatic heterocycles. The highest BCUT2D eigenvalue weighted by Gasteiger charge is 2.22. The molecule has 4 heteroatoms. The minimum absolute atomic E-state index is 0.256. The summed E-state index contributed by atoms with van der Waals surface area (Å²) >= 11 is 0. The first-order chi connectivity index (χ1) is 9.72. The molecule has 20 heavy (non-hydrogen) atoms. The molecule has 0 aliphatic carbocycles. The van der Waals surface area contributed by atoms with Crippen molar-refractivity contribution in [3.05, 3.63) is 35.1 Å². The molecule has 1 unspecified atom stereocenters. The molecule has 1 aromatic rings. The lowest BCUT2D eigenvalue weighted by atomic mass is 10.1. The minimum atomic E-state index is -0.256. The van der Waals surface area contributed by atoms with Crippen molar-refractivity contribution in [2.24, 2.45) is 11.7 Å². The second kappa shape index (κ2) is 7.39. The molecule has 2 rings (SSSR count). The zero-order chi connectivity index (χ0) is 14.4. The number of benzene rings is 1. The quantitative estimate of drug-likeness (QED) is 0.849. The Balaban J connectivity index is 2.06. The molecule has 0 amide bonds. The number of hydrogen-bond donors (Lipinski definition) is 1. The third-order valence-electron chi connectivity index (χ3n) is 3.56. The largest absolute Gasteiger partial charge is 0.384 e. The lowest BCUT2D eigenvalue weighted by Gasteiger charge is -2.17. The van der Waals surface area contributed by atoms with Crippen LogP contribution < -0.4 is 5.73 Å². The number of nitrogens with zero attached hydrogens (tertiary/aromatic N) is 1. The standard InChI is InChI=1S/C16H21FN2O/c1-20-12-13-6-8-19(10-13)11-15-4-5-16(17)9-14(15)3-2-7-18/h4-5,9,13H,6-8,10-12,18H2,1H3. The van der Waals surface area contributed by atoms with E-state index in [0.717, 1.165) is 43.8 Å². The van der Waals surface area contributed by atoms with E-state index in [2.05, 4.69) is 16.7 Å². The fraction of sp³-hybridized carbons (Fsp3) is 0.500. The van der Waals surface area contributed by atoms with Gasteiger partial charge in [-0.3, -0.25) is 4.90 Å². The van der Waals surface area contributed by atoms with Gasteiger partial charge >= 0.3 is 0 Å². The second-order valence-electron chi connectivity index (χ2n) is 5.15. The van der Waals surface area contributed by atoms with Crippen LogP contribution in [0.4, 0.5) is 4.39 Å². The fourth-order valence-electron chi connectivity index (χ4n) is 2.62. The molecule has 3 nitrogen and oxygen atoms in total. The van der Waals surface area contributed by atoms with Gasteiger partial charge in [-0.1, -0.05) is 17.9 Å². The summed E-state index contributed by atoms with van der Waals surface area (Å²) in [5.74, 6) is 6.10. The highest BCUT2D eigenvalue weighted by Crippen LogP contribution is 2.20. The van der Waals surface area contributed by atoms with Crippen LogP contribution in [0.3, 0.4) is 0 Å². The summed E-state index contributed by atoms with van der Waals surface area (Å²) in [7, 11) is 1.74. The van der Waals surface area contributed by atoms with E-state index in [9.17, 15) is 4.39 Å². The zero-order valence-corrected chi connectivity index (χ0v) is 11.9. The number of rotatable bonds is 4. The lowest BCUT2D eigenvalue weighted by Crippen LogP contribution is -2.21. The molecule has 1 atom stereocenters. The molecular formula is C16H21FN2O. The zero-order valence-electron chi connectivity index (χ0n) is 11.9. The summed E-state index contributed by atoms with van der Waals surface area (Å²) in [5.41, 5.74) is 7.19. The Morgan fingerprint density at radius 1 is 1.50 bits per heavy atom. The van der Waals surface area contributed by atoms with Crippen molar-refractivity contribution in [1.29, 1.82) is 0 Å². The van der Waals surface area contributed by atoms with Crippen molar-refractivity contribution in [3.8, 4) is 11.8 Å². The van der Waals surface area contributed by atoms with Crippen LogP contribution in [0.25, 0.3) is 0 Å². The van der Waals surface area contributed by atoms with Gasteiger partial charge in [-0.05, 0) is 36.6 Å². The number of likely N-dealkylation sites (tertiary alicyclic amines) is 1. The van der Waals surface area contributed by atoms with Crippen LogP contribution >= 0.6 is 0 Å². The molecule has 1 aromatic carbocycles. The Bertz CT molecular complexity index is 507. The molecule has 1 aliphatic heterocycles. The van der Waals surface area contributed by atoms with E-state index < -0.39 is 0 Å².